The summed E-state index contributed by atoms with van der Waals surface area (Å²) in [5.74, 6) is 0.526. The van der Waals surface area contributed by atoms with Gasteiger partial charge in [0.1, 0.15) is 11.9 Å². The van der Waals surface area contributed by atoms with Crippen molar-refractivity contribution in [2.45, 2.75) is 19.6 Å². The zero-order valence-corrected chi connectivity index (χ0v) is 14.4. The van der Waals surface area contributed by atoms with Crippen LogP contribution in [0.1, 0.15) is 12.5 Å². The molecule has 128 valence electrons. The molecule has 1 aliphatic rings. The average molecular weight is 349 g/mol. The van der Waals surface area contributed by atoms with Gasteiger partial charge in [0.25, 0.3) is 5.91 Å². The first-order chi connectivity index (χ1) is 11.7. The summed E-state index contributed by atoms with van der Waals surface area (Å²) in [4.78, 5) is 14.7. The van der Waals surface area contributed by atoms with E-state index < -0.39 is 6.10 Å². The van der Waals surface area contributed by atoms with E-state index in [4.69, 9.17) is 16.3 Å². The third-order valence-corrected chi connectivity index (χ3v) is 4.36. The molecule has 1 amide bonds. The van der Waals surface area contributed by atoms with E-state index in [0.29, 0.717) is 30.5 Å². The normalized spacial score (nSPS) is 18.5. The maximum atomic E-state index is 12.5. The predicted molar refractivity (Wildman–Crippen MR) is 93.3 cm³/mol. The van der Waals surface area contributed by atoms with Crippen molar-refractivity contribution >= 4 is 23.3 Å². The molecule has 2 heterocycles. The molecule has 1 aromatic heterocycles. The number of hydrogen-bond donors (Lipinski definition) is 1. The molecule has 1 atom stereocenters. The average Bonchev–Trinajstić information content (AvgIpc) is 3.03. The lowest BCUT2D eigenvalue weighted by atomic mass is 10.2. The number of likely N-dealkylation sites (N-methyl/N-ethyl adjacent to an activating group) is 1. The molecule has 1 aromatic carbocycles. The minimum absolute atomic E-state index is 0.133. The summed E-state index contributed by atoms with van der Waals surface area (Å²) in [5, 5.41) is 7.90. The maximum Gasteiger partial charge on any atom is 0.255 e. The van der Waals surface area contributed by atoms with Gasteiger partial charge in [-0.1, -0.05) is 30.7 Å². The molecule has 1 aliphatic heterocycles. The maximum absolute atomic E-state index is 12.5. The molecule has 0 saturated carbocycles. The molecule has 6 nitrogen and oxygen atoms in total. The summed E-state index contributed by atoms with van der Waals surface area (Å²) in [5.41, 5.74) is 1.06. The summed E-state index contributed by atoms with van der Waals surface area (Å²) in [6.45, 7) is 5.63. The monoisotopic (exact) mass is 348 g/mol. The van der Waals surface area contributed by atoms with Crippen molar-refractivity contribution < 1.29 is 9.53 Å². The van der Waals surface area contributed by atoms with Gasteiger partial charge >= 0.3 is 0 Å². The van der Waals surface area contributed by atoms with E-state index in [9.17, 15) is 4.79 Å². The molecule has 2 aromatic rings. The molecule has 1 saturated heterocycles. The van der Waals surface area contributed by atoms with Gasteiger partial charge in [-0.15, -0.1) is 0 Å². The highest BCUT2D eigenvalue weighted by atomic mass is 35.5. The Labute approximate surface area is 146 Å². The number of rotatable bonds is 5. The van der Waals surface area contributed by atoms with Crippen LogP contribution in [0.3, 0.4) is 0 Å². The number of nitrogens with zero attached hydrogens (tertiary/aromatic N) is 3. The van der Waals surface area contributed by atoms with Crippen molar-refractivity contribution in [1.29, 1.82) is 0 Å². The number of aromatic nitrogens is 2. The van der Waals surface area contributed by atoms with Crippen LogP contribution < -0.4 is 5.32 Å². The number of amides is 1. The Hall–Kier alpha value is -1.89. The van der Waals surface area contributed by atoms with Crippen LogP contribution in [0.25, 0.3) is 0 Å². The van der Waals surface area contributed by atoms with Crippen LogP contribution in [0.5, 0.6) is 0 Å². The molecule has 0 aliphatic carbocycles. The molecule has 1 fully saturated rings. The summed E-state index contributed by atoms with van der Waals surface area (Å²) in [6.07, 6.45) is 1.23. The van der Waals surface area contributed by atoms with Crippen LogP contribution in [-0.4, -0.2) is 52.9 Å². The van der Waals surface area contributed by atoms with Gasteiger partial charge in [-0.25, -0.2) is 4.68 Å². The van der Waals surface area contributed by atoms with Crippen molar-refractivity contribution in [2.75, 3.05) is 31.6 Å². The van der Waals surface area contributed by atoms with Gasteiger partial charge in [-0.2, -0.15) is 5.10 Å². The highest BCUT2D eigenvalue weighted by molar-refractivity contribution is 6.30. The van der Waals surface area contributed by atoms with Crippen LogP contribution >= 0.6 is 11.6 Å². The zero-order valence-electron chi connectivity index (χ0n) is 13.6. The molecule has 0 bridgehead atoms. The number of halogens is 1. The van der Waals surface area contributed by atoms with Gasteiger partial charge in [0.05, 0.1) is 19.3 Å². The Morgan fingerprint density at radius 3 is 2.92 bits per heavy atom. The van der Waals surface area contributed by atoms with Gasteiger partial charge < -0.3 is 10.1 Å². The lowest BCUT2D eigenvalue weighted by Crippen LogP contribution is -2.47. The molecular weight excluding hydrogens is 328 g/mol. The third-order valence-electron chi connectivity index (χ3n) is 4.10. The largest absolute Gasteiger partial charge is 0.366 e. The van der Waals surface area contributed by atoms with Crippen LogP contribution in [0.4, 0.5) is 5.82 Å². The topological polar surface area (TPSA) is 59.4 Å². The summed E-state index contributed by atoms with van der Waals surface area (Å²) in [7, 11) is 0. The number of carbonyl (C=O) groups excluding carboxylic acids is 1. The molecule has 0 spiro atoms. The first-order valence-electron chi connectivity index (χ1n) is 8.07. The van der Waals surface area contributed by atoms with Crippen molar-refractivity contribution in [2.24, 2.45) is 0 Å². The molecule has 1 N–H and O–H groups in total. The number of hydrogen-bond acceptors (Lipinski definition) is 4. The van der Waals surface area contributed by atoms with Gasteiger partial charge in [0.2, 0.25) is 0 Å². The summed E-state index contributed by atoms with van der Waals surface area (Å²) >= 11 is 5.91. The van der Waals surface area contributed by atoms with Crippen molar-refractivity contribution in [3.05, 3.63) is 47.1 Å². The van der Waals surface area contributed by atoms with E-state index in [-0.39, 0.29) is 5.91 Å². The second kappa shape index (κ2) is 7.79. The fourth-order valence-electron chi connectivity index (χ4n) is 2.68. The quantitative estimate of drug-likeness (QED) is 0.900. The first-order valence-corrected chi connectivity index (χ1v) is 8.44. The third kappa shape index (κ3) is 4.14. The molecule has 3 rings (SSSR count). The fourth-order valence-corrected chi connectivity index (χ4v) is 2.81. The molecular formula is C17H21ClN4O2. The molecule has 0 unspecified atom stereocenters. The van der Waals surface area contributed by atoms with E-state index in [0.717, 1.165) is 18.7 Å². The number of nitrogens with one attached hydrogen (secondary N) is 1. The zero-order chi connectivity index (χ0) is 16.9. The minimum atomic E-state index is -0.447. The van der Waals surface area contributed by atoms with Crippen molar-refractivity contribution in [3.8, 4) is 0 Å². The fraction of sp³-hybridized carbons (Fsp3) is 0.412. The number of benzene rings is 1. The Bertz CT molecular complexity index is 686. The molecule has 7 heteroatoms. The smallest absolute Gasteiger partial charge is 0.255 e. The summed E-state index contributed by atoms with van der Waals surface area (Å²) in [6, 6.07) is 9.36. The highest BCUT2D eigenvalue weighted by Gasteiger charge is 2.26. The van der Waals surface area contributed by atoms with Gasteiger partial charge in [-0.05, 0) is 24.2 Å². The number of carbonyl (C=O) groups is 1. The van der Waals surface area contributed by atoms with Crippen molar-refractivity contribution in [3.63, 3.8) is 0 Å². The number of ether oxygens (including phenoxy) is 1. The van der Waals surface area contributed by atoms with E-state index in [1.54, 1.807) is 16.9 Å². The Morgan fingerprint density at radius 2 is 2.17 bits per heavy atom. The Morgan fingerprint density at radius 1 is 1.38 bits per heavy atom. The second-order valence-electron chi connectivity index (χ2n) is 5.74. The lowest BCUT2D eigenvalue weighted by Gasteiger charge is -2.31. The van der Waals surface area contributed by atoms with E-state index in [2.05, 4.69) is 22.2 Å². The van der Waals surface area contributed by atoms with E-state index >= 15 is 0 Å². The SMILES string of the molecule is CCN1CCO[C@@H](C(=O)Nc2ccnn2Cc2ccc(Cl)cc2)C1. The number of anilines is 1. The second-order valence-corrected chi connectivity index (χ2v) is 6.18. The van der Waals surface area contributed by atoms with Gasteiger partial charge in [0, 0.05) is 24.2 Å². The first kappa shape index (κ1) is 17.0. The highest BCUT2D eigenvalue weighted by Crippen LogP contribution is 2.15. The van der Waals surface area contributed by atoms with Crippen LogP contribution in [0, 0.1) is 0 Å². The van der Waals surface area contributed by atoms with Crippen LogP contribution in [0.2, 0.25) is 5.02 Å². The van der Waals surface area contributed by atoms with Crippen molar-refractivity contribution in [1.82, 2.24) is 14.7 Å². The standard InChI is InChI=1S/C17H21ClN4O2/c1-2-21-9-10-24-15(12-21)17(23)20-16-7-8-19-22(16)11-13-3-5-14(18)6-4-13/h3-8,15H,2,9-12H2,1H3,(H,20,23)/t15-/m1/s1. The van der Waals surface area contributed by atoms with Gasteiger partial charge in [-0.3, -0.25) is 9.69 Å². The Kier molecular flexibility index (Phi) is 5.50. The summed E-state index contributed by atoms with van der Waals surface area (Å²) < 4.78 is 7.35. The van der Waals surface area contributed by atoms with E-state index in [1.165, 1.54) is 0 Å². The lowest BCUT2D eigenvalue weighted by molar-refractivity contribution is -0.132. The minimum Gasteiger partial charge on any atom is -0.366 e. The Balaban J connectivity index is 1.64. The van der Waals surface area contributed by atoms with Gasteiger partial charge in [0.15, 0.2) is 0 Å². The number of morpholine rings is 1. The molecule has 0 radical (unpaired) electrons. The van der Waals surface area contributed by atoms with Crippen LogP contribution in [0.15, 0.2) is 36.5 Å². The predicted octanol–water partition coefficient (Wildman–Crippen LogP) is 2.24. The van der Waals surface area contributed by atoms with Crippen LogP contribution in [-0.2, 0) is 16.1 Å². The van der Waals surface area contributed by atoms with E-state index in [1.807, 2.05) is 24.3 Å². The molecule has 24 heavy (non-hydrogen) atoms.